The summed E-state index contributed by atoms with van der Waals surface area (Å²) in [5, 5.41) is 0. The monoisotopic (exact) mass is 348 g/mol. The van der Waals surface area contributed by atoms with Gasteiger partial charge in [0, 0.05) is 17.8 Å². The number of thiazole rings is 1. The molecule has 0 bridgehead atoms. The summed E-state index contributed by atoms with van der Waals surface area (Å²) < 4.78 is 6.24. The van der Waals surface area contributed by atoms with Gasteiger partial charge in [-0.05, 0) is 36.7 Å². The molecule has 0 radical (unpaired) electrons. The summed E-state index contributed by atoms with van der Waals surface area (Å²) in [4.78, 5) is 19.2. The van der Waals surface area contributed by atoms with E-state index in [1.165, 1.54) is 0 Å². The van der Waals surface area contributed by atoms with Crippen LogP contribution in [0.1, 0.15) is 45.2 Å². The van der Waals surface area contributed by atoms with Gasteiger partial charge in [0.25, 0.3) is 0 Å². The molecule has 0 saturated heterocycles. The molecule has 0 spiro atoms. The van der Waals surface area contributed by atoms with Crippen LogP contribution in [0.5, 0.6) is 0 Å². The maximum Gasteiger partial charge on any atom is 0.410 e. The van der Waals surface area contributed by atoms with E-state index in [4.69, 9.17) is 4.74 Å². The van der Waals surface area contributed by atoms with Crippen LogP contribution in [0.15, 0.2) is 3.92 Å². The lowest BCUT2D eigenvalue weighted by molar-refractivity contribution is 0.0225. The SMILES string of the molecule is CC.CC(C)(C)OC(=O)N1CCc2nc(Br)sc2C1. The van der Waals surface area contributed by atoms with E-state index in [0.717, 1.165) is 20.9 Å². The topological polar surface area (TPSA) is 42.4 Å². The van der Waals surface area contributed by atoms with Gasteiger partial charge in [-0.15, -0.1) is 11.3 Å². The first kappa shape index (κ1) is 16.4. The lowest BCUT2D eigenvalue weighted by Gasteiger charge is -2.29. The van der Waals surface area contributed by atoms with Crippen LogP contribution in [-0.4, -0.2) is 28.1 Å². The third kappa shape index (κ3) is 4.76. The molecule has 2 heterocycles. The van der Waals surface area contributed by atoms with Crippen LogP contribution in [0.3, 0.4) is 0 Å². The van der Waals surface area contributed by atoms with E-state index in [0.29, 0.717) is 13.1 Å². The Kier molecular flexibility index (Phi) is 5.80. The van der Waals surface area contributed by atoms with Crippen molar-refractivity contribution in [2.24, 2.45) is 0 Å². The van der Waals surface area contributed by atoms with Crippen LogP contribution in [0, 0.1) is 0 Å². The van der Waals surface area contributed by atoms with Gasteiger partial charge in [0.1, 0.15) is 5.60 Å². The van der Waals surface area contributed by atoms with E-state index in [2.05, 4.69) is 20.9 Å². The molecule has 1 aromatic heterocycles. The minimum absolute atomic E-state index is 0.243. The number of aromatic nitrogens is 1. The minimum Gasteiger partial charge on any atom is -0.444 e. The maximum atomic E-state index is 11.9. The van der Waals surface area contributed by atoms with Crippen molar-refractivity contribution in [2.45, 2.75) is 53.2 Å². The van der Waals surface area contributed by atoms with Gasteiger partial charge < -0.3 is 9.64 Å². The molecule has 1 aliphatic rings. The fraction of sp³-hybridized carbons (Fsp3) is 0.692. The Labute approximate surface area is 127 Å². The number of rotatable bonds is 0. The van der Waals surface area contributed by atoms with Gasteiger partial charge in [0.15, 0.2) is 3.92 Å². The molecule has 0 aliphatic carbocycles. The molecule has 19 heavy (non-hydrogen) atoms. The highest BCUT2D eigenvalue weighted by molar-refractivity contribution is 9.11. The molecule has 6 heteroatoms. The van der Waals surface area contributed by atoms with Crippen LogP contribution in [0.4, 0.5) is 4.79 Å². The van der Waals surface area contributed by atoms with Crippen molar-refractivity contribution in [3.8, 4) is 0 Å². The van der Waals surface area contributed by atoms with Crippen molar-refractivity contribution in [1.29, 1.82) is 0 Å². The number of carbonyl (C=O) groups is 1. The van der Waals surface area contributed by atoms with E-state index < -0.39 is 5.60 Å². The summed E-state index contributed by atoms with van der Waals surface area (Å²) in [6, 6.07) is 0. The van der Waals surface area contributed by atoms with E-state index >= 15 is 0 Å². The molecule has 2 rings (SSSR count). The Hall–Kier alpha value is -0.620. The molecule has 1 aliphatic heterocycles. The number of carbonyl (C=O) groups excluding carboxylic acids is 1. The van der Waals surface area contributed by atoms with Crippen LogP contribution in [-0.2, 0) is 17.7 Å². The Morgan fingerprint density at radius 2 is 2.05 bits per heavy atom. The van der Waals surface area contributed by atoms with Gasteiger partial charge in [0.2, 0.25) is 0 Å². The number of ether oxygens (including phenoxy) is 1. The molecule has 0 aromatic carbocycles. The summed E-state index contributed by atoms with van der Waals surface area (Å²) in [6.45, 7) is 10.9. The summed E-state index contributed by atoms with van der Waals surface area (Å²) in [5.41, 5.74) is 0.660. The Morgan fingerprint density at radius 1 is 1.42 bits per heavy atom. The second kappa shape index (κ2) is 6.70. The Balaban J connectivity index is 0.000000861. The average molecular weight is 349 g/mol. The third-order valence-electron chi connectivity index (χ3n) is 2.36. The Bertz CT molecular complexity index is 440. The molecule has 1 amide bonds. The Morgan fingerprint density at radius 3 is 2.63 bits per heavy atom. The highest BCUT2D eigenvalue weighted by Crippen LogP contribution is 2.28. The first-order valence-corrected chi connectivity index (χ1v) is 8.08. The molecule has 0 N–H and O–H groups in total. The minimum atomic E-state index is -0.439. The van der Waals surface area contributed by atoms with Crippen molar-refractivity contribution in [1.82, 2.24) is 9.88 Å². The van der Waals surface area contributed by atoms with E-state index in [-0.39, 0.29) is 6.09 Å². The van der Waals surface area contributed by atoms with Gasteiger partial charge in [-0.3, -0.25) is 0 Å². The fourth-order valence-corrected chi connectivity index (χ4v) is 3.29. The lowest BCUT2D eigenvalue weighted by Crippen LogP contribution is -2.39. The van der Waals surface area contributed by atoms with Crippen LogP contribution < -0.4 is 0 Å². The van der Waals surface area contributed by atoms with Crippen molar-refractivity contribution >= 4 is 33.4 Å². The first-order chi connectivity index (χ1) is 8.85. The number of hydrogen-bond acceptors (Lipinski definition) is 4. The predicted molar refractivity (Wildman–Crippen MR) is 81.5 cm³/mol. The summed E-state index contributed by atoms with van der Waals surface area (Å²) in [6.07, 6.45) is 0.559. The number of fused-ring (bicyclic) bond motifs is 1. The summed E-state index contributed by atoms with van der Waals surface area (Å²) in [5.74, 6) is 0. The summed E-state index contributed by atoms with van der Waals surface area (Å²) in [7, 11) is 0. The van der Waals surface area contributed by atoms with Crippen molar-refractivity contribution in [3.05, 3.63) is 14.5 Å². The third-order valence-corrected chi connectivity index (χ3v) is 3.89. The van der Waals surface area contributed by atoms with Crippen LogP contribution in [0.2, 0.25) is 0 Å². The zero-order valence-corrected chi connectivity index (χ0v) is 14.5. The largest absolute Gasteiger partial charge is 0.444 e. The van der Waals surface area contributed by atoms with Gasteiger partial charge in [-0.25, -0.2) is 9.78 Å². The first-order valence-electron chi connectivity index (χ1n) is 6.47. The van der Waals surface area contributed by atoms with Crippen molar-refractivity contribution in [2.75, 3.05) is 6.54 Å². The smallest absolute Gasteiger partial charge is 0.410 e. The van der Waals surface area contributed by atoms with E-state index in [1.807, 2.05) is 34.6 Å². The van der Waals surface area contributed by atoms with Crippen molar-refractivity contribution in [3.63, 3.8) is 0 Å². The van der Waals surface area contributed by atoms with Gasteiger partial charge >= 0.3 is 6.09 Å². The maximum absolute atomic E-state index is 11.9. The molecular formula is C13H21BrN2O2S. The molecular weight excluding hydrogens is 328 g/mol. The summed E-state index contributed by atoms with van der Waals surface area (Å²) >= 11 is 4.96. The molecule has 4 nitrogen and oxygen atoms in total. The molecule has 1 aromatic rings. The highest BCUT2D eigenvalue weighted by Gasteiger charge is 2.27. The highest BCUT2D eigenvalue weighted by atomic mass is 79.9. The number of amides is 1. The average Bonchev–Trinajstić information content (AvgIpc) is 2.68. The quantitative estimate of drug-likeness (QED) is 0.704. The lowest BCUT2D eigenvalue weighted by atomic mass is 10.2. The number of nitrogens with zero attached hydrogens (tertiary/aromatic N) is 2. The zero-order chi connectivity index (χ0) is 14.6. The molecule has 0 saturated carbocycles. The second-order valence-corrected chi connectivity index (χ2v) is 7.35. The molecule has 0 atom stereocenters. The number of hydrogen-bond donors (Lipinski definition) is 0. The van der Waals surface area contributed by atoms with Gasteiger partial charge in [-0.2, -0.15) is 0 Å². The molecule has 0 fully saturated rings. The van der Waals surface area contributed by atoms with E-state index in [1.54, 1.807) is 16.2 Å². The van der Waals surface area contributed by atoms with Crippen LogP contribution >= 0.6 is 27.3 Å². The normalized spacial score (nSPS) is 14.3. The van der Waals surface area contributed by atoms with Crippen molar-refractivity contribution < 1.29 is 9.53 Å². The molecule has 0 unspecified atom stereocenters. The molecule has 108 valence electrons. The van der Waals surface area contributed by atoms with Gasteiger partial charge in [0.05, 0.1) is 12.2 Å². The van der Waals surface area contributed by atoms with Crippen LogP contribution in [0.25, 0.3) is 0 Å². The fourth-order valence-electron chi connectivity index (χ4n) is 1.65. The zero-order valence-electron chi connectivity index (χ0n) is 12.1. The number of halogens is 1. The predicted octanol–water partition coefficient (Wildman–Crippen LogP) is 4.23. The van der Waals surface area contributed by atoms with Gasteiger partial charge in [-0.1, -0.05) is 13.8 Å². The second-order valence-electron chi connectivity index (χ2n) is 4.99. The standard InChI is InChI=1S/C11H15BrN2O2S.C2H6/c1-11(2,3)16-10(15)14-5-4-7-8(6-14)17-9(12)13-7;1-2/h4-6H2,1-3H3;1-2H3. The van der Waals surface area contributed by atoms with E-state index in [9.17, 15) is 4.79 Å².